The maximum Gasteiger partial charge on any atom is 0.160 e. The van der Waals surface area contributed by atoms with Gasteiger partial charge < -0.3 is 18.9 Å². The van der Waals surface area contributed by atoms with Gasteiger partial charge in [0.1, 0.15) is 11.5 Å². The molecule has 0 aliphatic carbocycles. The predicted octanol–water partition coefficient (Wildman–Crippen LogP) is 3.31. The lowest BCUT2D eigenvalue weighted by molar-refractivity contribution is 0.354. The zero-order valence-electron chi connectivity index (χ0n) is 13.4. The van der Waals surface area contributed by atoms with Crippen LogP contribution in [0.4, 0.5) is 0 Å². The molecule has 2 aromatic carbocycles. The van der Waals surface area contributed by atoms with Crippen LogP contribution in [0.15, 0.2) is 30.3 Å². The SMILES string of the molecule is COc1[c]c(OC)cc(CCc2ccc(OC)c(OC)c2)c1. The number of hydrogen-bond donors (Lipinski definition) is 0. The average Bonchev–Trinajstić information content (AvgIpc) is 2.59. The molecule has 0 spiro atoms. The molecule has 0 N–H and O–H groups in total. The highest BCUT2D eigenvalue weighted by Crippen LogP contribution is 2.28. The standard InChI is InChI=1S/C18H21O4/c1-19-15-9-14(10-16(12-15)20-2)6-5-13-7-8-17(21-3)18(11-13)22-4/h7-11H,5-6H2,1-4H3. The Labute approximate surface area is 131 Å². The molecule has 0 saturated heterocycles. The summed E-state index contributed by atoms with van der Waals surface area (Å²) < 4.78 is 21.1. The second-order valence-corrected chi connectivity index (χ2v) is 4.81. The van der Waals surface area contributed by atoms with E-state index in [1.54, 1.807) is 28.4 Å². The summed E-state index contributed by atoms with van der Waals surface area (Å²) in [4.78, 5) is 0. The fraction of sp³-hybridized carbons (Fsp3) is 0.333. The van der Waals surface area contributed by atoms with Crippen LogP contribution in [0.3, 0.4) is 0 Å². The molecule has 0 heterocycles. The third kappa shape index (κ3) is 3.85. The van der Waals surface area contributed by atoms with Crippen molar-refractivity contribution in [1.29, 1.82) is 0 Å². The minimum absolute atomic E-state index is 0.682. The fourth-order valence-corrected chi connectivity index (χ4v) is 2.26. The summed E-state index contributed by atoms with van der Waals surface area (Å²) in [5, 5.41) is 0. The van der Waals surface area contributed by atoms with Gasteiger partial charge in [0, 0.05) is 0 Å². The third-order valence-corrected chi connectivity index (χ3v) is 3.47. The Balaban J connectivity index is 2.12. The molecule has 22 heavy (non-hydrogen) atoms. The molecule has 2 aromatic rings. The Kier molecular flexibility index (Phi) is 5.53. The molecule has 0 aliphatic heterocycles. The van der Waals surface area contributed by atoms with Gasteiger partial charge in [0.2, 0.25) is 0 Å². The van der Waals surface area contributed by atoms with E-state index in [1.807, 2.05) is 30.3 Å². The van der Waals surface area contributed by atoms with Gasteiger partial charge in [-0.25, -0.2) is 0 Å². The zero-order valence-corrected chi connectivity index (χ0v) is 13.4. The van der Waals surface area contributed by atoms with Gasteiger partial charge in [0.15, 0.2) is 11.5 Å². The Bertz CT molecular complexity index is 600. The molecule has 1 radical (unpaired) electrons. The van der Waals surface area contributed by atoms with Crippen LogP contribution in [0.1, 0.15) is 11.1 Å². The zero-order chi connectivity index (χ0) is 15.9. The summed E-state index contributed by atoms with van der Waals surface area (Å²) in [7, 11) is 6.54. The van der Waals surface area contributed by atoms with E-state index in [9.17, 15) is 0 Å². The second-order valence-electron chi connectivity index (χ2n) is 4.81. The van der Waals surface area contributed by atoms with Crippen LogP contribution >= 0.6 is 0 Å². The van der Waals surface area contributed by atoms with E-state index in [1.165, 1.54) is 5.56 Å². The van der Waals surface area contributed by atoms with Gasteiger partial charge in [-0.2, -0.15) is 0 Å². The first-order chi connectivity index (χ1) is 10.7. The van der Waals surface area contributed by atoms with Crippen molar-refractivity contribution in [1.82, 2.24) is 0 Å². The van der Waals surface area contributed by atoms with Crippen molar-refractivity contribution < 1.29 is 18.9 Å². The Morgan fingerprint density at radius 3 is 1.82 bits per heavy atom. The summed E-state index contributed by atoms with van der Waals surface area (Å²) in [6.45, 7) is 0. The van der Waals surface area contributed by atoms with E-state index in [0.717, 1.165) is 29.9 Å². The van der Waals surface area contributed by atoms with Gasteiger partial charge in [-0.3, -0.25) is 0 Å². The van der Waals surface area contributed by atoms with Crippen molar-refractivity contribution in [2.24, 2.45) is 0 Å². The molecule has 0 atom stereocenters. The molecule has 0 aliphatic rings. The fourth-order valence-electron chi connectivity index (χ4n) is 2.26. The van der Waals surface area contributed by atoms with E-state index in [0.29, 0.717) is 11.5 Å². The van der Waals surface area contributed by atoms with Crippen molar-refractivity contribution in [3.8, 4) is 23.0 Å². The van der Waals surface area contributed by atoms with Crippen LogP contribution in [-0.4, -0.2) is 28.4 Å². The maximum absolute atomic E-state index is 5.33. The number of hydrogen-bond acceptors (Lipinski definition) is 4. The minimum Gasteiger partial charge on any atom is -0.496 e. The molecule has 2 rings (SSSR count). The molecule has 4 heteroatoms. The number of rotatable bonds is 7. The van der Waals surface area contributed by atoms with Crippen molar-refractivity contribution >= 4 is 0 Å². The second kappa shape index (κ2) is 7.59. The van der Waals surface area contributed by atoms with Crippen LogP contribution < -0.4 is 18.9 Å². The maximum atomic E-state index is 5.33. The predicted molar refractivity (Wildman–Crippen MR) is 85.3 cm³/mol. The van der Waals surface area contributed by atoms with Crippen molar-refractivity contribution in [2.75, 3.05) is 28.4 Å². The van der Waals surface area contributed by atoms with Gasteiger partial charge >= 0.3 is 0 Å². The summed E-state index contributed by atoms with van der Waals surface area (Å²) in [6, 6.07) is 13.0. The van der Waals surface area contributed by atoms with Crippen LogP contribution in [0.25, 0.3) is 0 Å². The highest BCUT2D eigenvalue weighted by Gasteiger charge is 2.06. The number of benzene rings is 2. The lowest BCUT2D eigenvalue weighted by Crippen LogP contribution is -1.96. The monoisotopic (exact) mass is 301 g/mol. The first-order valence-electron chi connectivity index (χ1n) is 7.05. The van der Waals surface area contributed by atoms with E-state index < -0.39 is 0 Å². The van der Waals surface area contributed by atoms with E-state index >= 15 is 0 Å². The van der Waals surface area contributed by atoms with Crippen LogP contribution in [0.5, 0.6) is 23.0 Å². The van der Waals surface area contributed by atoms with Crippen LogP contribution in [0.2, 0.25) is 0 Å². The molecule has 0 amide bonds. The molecule has 0 saturated carbocycles. The quantitative estimate of drug-likeness (QED) is 0.786. The van der Waals surface area contributed by atoms with Gasteiger partial charge in [-0.05, 0) is 48.2 Å². The molecule has 117 valence electrons. The molecule has 0 aromatic heterocycles. The highest BCUT2D eigenvalue weighted by atomic mass is 16.5. The third-order valence-electron chi connectivity index (χ3n) is 3.47. The largest absolute Gasteiger partial charge is 0.496 e. The summed E-state index contributed by atoms with van der Waals surface area (Å²) in [5.74, 6) is 2.85. The minimum atomic E-state index is 0.682. The van der Waals surface area contributed by atoms with Gasteiger partial charge in [0.05, 0.1) is 34.5 Å². The molecular formula is C18H21O4. The summed E-state index contributed by atoms with van der Waals surface area (Å²) >= 11 is 0. The lowest BCUT2D eigenvalue weighted by atomic mass is 10.0. The van der Waals surface area contributed by atoms with Crippen LogP contribution in [-0.2, 0) is 12.8 Å². The Morgan fingerprint density at radius 2 is 1.27 bits per heavy atom. The molecular weight excluding hydrogens is 280 g/mol. The van der Waals surface area contributed by atoms with E-state index in [4.69, 9.17) is 18.9 Å². The first kappa shape index (κ1) is 16.0. The highest BCUT2D eigenvalue weighted by molar-refractivity contribution is 5.43. The Hall–Kier alpha value is -2.36. The lowest BCUT2D eigenvalue weighted by Gasteiger charge is -2.10. The van der Waals surface area contributed by atoms with Gasteiger partial charge in [-0.1, -0.05) is 6.07 Å². The van der Waals surface area contributed by atoms with Crippen molar-refractivity contribution in [3.05, 3.63) is 47.5 Å². The number of aryl methyl sites for hydroxylation is 2. The van der Waals surface area contributed by atoms with E-state index in [2.05, 4.69) is 6.07 Å². The molecule has 0 unspecified atom stereocenters. The molecule has 0 fully saturated rings. The average molecular weight is 301 g/mol. The smallest absolute Gasteiger partial charge is 0.160 e. The van der Waals surface area contributed by atoms with Gasteiger partial charge in [0.25, 0.3) is 0 Å². The Morgan fingerprint density at radius 1 is 0.682 bits per heavy atom. The molecule has 0 bridgehead atoms. The number of methoxy groups -OCH3 is 4. The van der Waals surface area contributed by atoms with E-state index in [-0.39, 0.29) is 0 Å². The normalized spacial score (nSPS) is 10.2. The van der Waals surface area contributed by atoms with Crippen molar-refractivity contribution in [3.63, 3.8) is 0 Å². The van der Waals surface area contributed by atoms with Gasteiger partial charge in [-0.15, -0.1) is 0 Å². The van der Waals surface area contributed by atoms with Crippen molar-refractivity contribution in [2.45, 2.75) is 12.8 Å². The molecule has 4 nitrogen and oxygen atoms in total. The topological polar surface area (TPSA) is 36.9 Å². The van der Waals surface area contributed by atoms with Crippen LogP contribution in [0, 0.1) is 6.07 Å². The summed E-state index contributed by atoms with van der Waals surface area (Å²) in [5.41, 5.74) is 2.32. The number of ether oxygens (including phenoxy) is 4. The first-order valence-corrected chi connectivity index (χ1v) is 7.05. The summed E-state index contributed by atoms with van der Waals surface area (Å²) in [6.07, 6.45) is 1.76.